The molecule has 0 saturated carbocycles. The minimum absolute atomic E-state index is 0.566. The Labute approximate surface area is 82.6 Å². The molecule has 1 aliphatic heterocycles. The van der Waals surface area contributed by atoms with Crippen LogP contribution >= 0.6 is 11.8 Å². The first-order valence-corrected chi connectivity index (χ1v) is 5.24. The topological polar surface area (TPSA) is 12.4 Å². The van der Waals surface area contributed by atoms with Crippen molar-refractivity contribution < 1.29 is 0 Å². The van der Waals surface area contributed by atoms with Crippen molar-refractivity contribution in [1.82, 2.24) is 0 Å². The maximum atomic E-state index is 4.21. The summed E-state index contributed by atoms with van der Waals surface area (Å²) in [6, 6.07) is 6.45. The smallest absolute Gasteiger partial charge is 0.0872 e. The Kier molecular flexibility index (Phi) is 2.26. The summed E-state index contributed by atoms with van der Waals surface area (Å²) in [6.07, 6.45) is 0. The van der Waals surface area contributed by atoms with Gasteiger partial charge in [0.2, 0.25) is 0 Å². The summed E-state index contributed by atoms with van der Waals surface area (Å²) in [7, 11) is 0. The molecule has 1 aromatic carbocycles. The van der Waals surface area contributed by atoms with Crippen molar-refractivity contribution >= 4 is 23.3 Å². The number of hydrogen-bond acceptors (Lipinski definition) is 2. The molecule has 2 heteroatoms. The second kappa shape index (κ2) is 3.41. The summed E-state index contributed by atoms with van der Waals surface area (Å²) in [4.78, 5) is 5.43. The number of hydrogen-bond donors (Lipinski definition) is 0. The van der Waals surface area contributed by atoms with E-state index < -0.39 is 0 Å². The van der Waals surface area contributed by atoms with Crippen LogP contribution in [0.3, 0.4) is 0 Å². The zero-order valence-electron chi connectivity index (χ0n) is 7.74. The van der Waals surface area contributed by atoms with Crippen LogP contribution < -0.4 is 0 Å². The van der Waals surface area contributed by atoms with E-state index in [9.17, 15) is 0 Å². The van der Waals surface area contributed by atoms with E-state index in [1.54, 1.807) is 11.8 Å². The highest BCUT2D eigenvalue weighted by atomic mass is 32.2. The van der Waals surface area contributed by atoms with Crippen LogP contribution in [-0.2, 0) is 0 Å². The van der Waals surface area contributed by atoms with Crippen molar-refractivity contribution in [2.75, 3.05) is 0 Å². The number of thioether (sulfide) groups is 1. The van der Waals surface area contributed by atoms with Crippen LogP contribution in [0.5, 0.6) is 0 Å². The van der Waals surface area contributed by atoms with Gasteiger partial charge in [-0.1, -0.05) is 31.7 Å². The first-order chi connectivity index (χ1) is 6.27. The van der Waals surface area contributed by atoms with Crippen LogP contribution in [0.2, 0.25) is 0 Å². The number of fused-ring (bicyclic) bond motifs is 1. The fraction of sp³-hybridized carbons (Fsp3) is 0.273. The van der Waals surface area contributed by atoms with E-state index in [2.05, 4.69) is 42.9 Å². The Bertz CT molecular complexity index is 387. The molecule has 66 valence electrons. The summed E-state index contributed by atoms with van der Waals surface area (Å²) < 4.78 is 0. The maximum absolute atomic E-state index is 4.21. The first kappa shape index (κ1) is 8.61. The van der Waals surface area contributed by atoms with E-state index in [-0.39, 0.29) is 0 Å². The van der Waals surface area contributed by atoms with Gasteiger partial charge in [0.15, 0.2) is 0 Å². The molecule has 0 bridgehead atoms. The quantitative estimate of drug-likeness (QED) is 0.655. The largest absolute Gasteiger partial charge is 0.205 e. The molecular weight excluding hydrogens is 178 g/mol. The van der Waals surface area contributed by atoms with Crippen LogP contribution in [-0.4, -0.2) is 5.87 Å². The zero-order valence-corrected chi connectivity index (χ0v) is 8.56. The molecule has 0 fully saturated rings. The van der Waals surface area contributed by atoms with Gasteiger partial charge < -0.3 is 0 Å². The highest BCUT2D eigenvalue weighted by Gasteiger charge is 2.06. The Morgan fingerprint density at radius 1 is 1.38 bits per heavy atom. The maximum Gasteiger partial charge on any atom is 0.0872 e. The third-order valence-corrected chi connectivity index (χ3v) is 2.90. The lowest BCUT2D eigenvalue weighted by Crippen LogP contribution is -1.87. The summed E-state index contributed by atoms with van der Waals surface area (Å²) in [5.74, 6) is 3.44. The molecule has 0 aliphatic carbocycles. The van der Waals surface area contributed by atoms with E-state index >= 15 is 0 Å². The van der Waals surface area contributed by atoms with Gasteiger partial charge in [-0.05, 0) is 29.5 Å². The fourth-order valence-corrected chi connectivity index (χ4v) is 1.87. The normalized spacial score (nSPS) is 13.5. The van der Waals surface area contributed by atoms with Gasteiger partial charge in [-0.3, -0.25) is 0 Å². The summed E-state index contributed by atoms with van der Waals surface area (Å²) in [6.45, 7) is 4.38. The minimum Gasteiger partial charge on any atom is -0.205 e. The van der Waals surface area contributed by atoms with Crippen molar-refractivity contribution in [2.24, 2.45) is 4.99 Å². The molecular formula is C11H11NS. The van der Waals surface area contributed by atoms with Crippen LogP contribution in [0.4, 0.5) is 5.69 Å². The standard InChI is InChI=1S/C11H11NS/c1-8(2)9-3-4-11-10(7-9)12-5-6-13-11/h3-4,6-8H,1-2H3. The zero-order chi connectivity index (χ0) is 9.26. The molecule has 0 atom stereocenters. The van der Waals surface area contributed by atoms with Gasteiger partial charge in [0.05, 0.1) is 5.69 Å². The van der Waals surface area contributed by atoms with E-state index in [1.807, 2.05) is 5.41 Å². The van der Waals surface area contributed by atoms with Crippen molar-refractivity contribution in [3.63, 3.8) is 0 Å². The molecule has 0 aromatic heterocycles. The predicted molar refractivity (Wildman–Crippen MR) is 58.1 cm³/mol. The highest BCUT2D eigenvalue weighted by Crippen LogP contribution is 2.34. The van der Waals surface area contributed by atoms with Crippen molar-refractivity contribution in [1.29, 1.82) is 0 Å². The third-order valence-electron chi connectivity index (χ3n) is 2.07. The third kappa shape index (κ3) is 1.69. The van der Waals surface area contributed by atoms with Gasteiger partial charge in [-0.25, -0.2) is 4.99 Å². The fourth-order valence-electron chi connectivity index (χ4n) is 1.27. The van der Waals surface area contributed by atoms with E-state index in [0.29, 0.717) is 5.92 Å². The van der Waals surface area contributed by atoms with Crippen LogP contribution in [0.1, 0.15) is 25.3 Å². The molecule has 0 saturated heterocycles. The second-order valence-corrected chi connectivity index (χ2v) is 4.27. The average molecular weight is 189 g/mol. The van der Waals surface area contributed by atoms with Gasteiger partial charge in [0.1, 0.15) is 0 Å². The summed E-state index contributed by atoms with van der Waals surface area (Å²) in [5.41, 5.74) is 2.39. The molecule has 1 heterocycles. The Hall–Kier alpha value is -0.980. The molecule has 0 unspecified atom stereocenters. The van der Waals surface area contributed by atoms with Crippen LogP contribution in [0, 0.1) is 0 Å². The number of benzene rings is 1. The SMILES string of the molecule is CC(C)c1ccc2c(c1)N=C=CS2. The molecule has 0 amide bonds. The molecule has 0 spiro atoms. The van der Waals surface area contributed by atoms with Gasteiger partial charge in [0.25, 0.3) is 0 Å². The molecule has 0 radical (unpaired) electrons. The predicted octanol–water partition coefficient (Wildman–Crippen LogP) is 3.73. The van der Waals surface area contributed by atoms with Crippen molar-refractivity contribution in [3.05, 3.63) is 29.2 Å². The van der Waals surface area contributed by atoms with Crippen LogP contribution in [0.25, 0.3) is 0 Å². The second-order valence-electron chi connectivity index (χ2n) is 3.36. The lowest BCUT2D eigenvalue weighted by atomic mass is 10.0. The van der Waals surface area contributed by atoms with Gasteiger partial charge >= 0.3 is 0 Å². The minimum atomic E-state index is 0.566. The van der Waals surface area contributed by atoms with Crippen molar-refractivity contribution in [2.45, 2.75) is 24.7 Å². The van der Waals surface area contributed by atoms with E-state index in [4.69, 9.17) is 0 Å². The monoisotopic (exact) mass is 189 g/mol. The molecule has 1 nitrogen and oxygen atoms in total. The Balaban J connectivity index is 2.48. The van der Waals surface area contributed by atoms with Crippen molar-refractivity contribution in [3.8, 4) is 0 Å². The molecule has 1 aliphatic rings. The lowest BCUT2D eigenvalue weighted by molar-refractivity contribution is 0.865. The first-order valence-electron chi connectivity index (χ1n) is 4.36. The Morgan fingerprint density at radius 2 is 2.23 bits per heavy atom. The van der Waals surface area contributed by atoms with Crippen LogP contribution in [0.15, 0.2) is 33.5 Å². The molecule has 13 heavy (non-hydrogen) atoms. The molecule has 0 N–H and O–H groups in total. The average Bonchev–Trinajstić information content (AvgIpc) is 2.17. The lowest BCUT2D eigenvalue weighted by Gasteiger charge is -2.09. The number of rotatable bonds is 1. The highest BCUT2D eigenvalue weighted by molar-refractivity contribution is 8.02. The van der Waals surface area contributed by atoms with Gasteiger partial charge in [-0.15, -0.1) is 0 Å². The molecule has 2 rings (SSSR count). The molecule has 1 aromatic rings. The summed E-state index contributed by atoms with van der Waals surface area (Å²) >= 11 is 1.68. The number of nitrogens with zero attached hydrogens (tertiary/aromatic N) is 1. The Morgan fingerprint density at radius 3 is 3.00 bits per heavy atom. The summed E-state index contributed by atoms with van der Waals surface area (Å²) in [5, 5.41) is 1.89. The van der Waals surface area contributed by atoms with Gasteiger partial charge in [0, 0.05) is 10.3 Å². The number of aliphatic imine (C=N–C) groups is 1. The van der Waals surface area contributed by atoms with E-state index in [0.717, 1.165) is 5.69 Å². The van der Waals surface area contributed by atoms with E-state index in [1.165, 1.54) is 10.5 Å². The van der Waals surface area contributed by atoms with Gasteiger partial charge in [-0.2, -0.15) is 0 Å².